The van der Waals surface area contributed by atoms with Crippen molar-refractivity contribution in [3.63, 3.8) is 0 Å². The Morgan fingerprint density at radius 2 is 1.77 bits per heavy atom. The van der Waals surface area contributed by atoms with Crippen LogP contribution < -0.4 is 0 Å². The molecule has 0 radical (unpaired) electrons. The Labute approximate surface area is 187 Å². The number of rotatable bonds is 7. The average molecular weight is 481 g/mol. The highest BCUT2D eigenvalue weighted by Crippen LogP contribution is 2.31. The zero-order valence-corrected chi connectivity index (χ0v) is 18.2. The van der Waals surface area contributed by atoms with Crippen molar-refractivity contribution in [2.24, 2.45) is 0 Å². The van der Waals surface area contributed by atoms with Gasteiger partial charge in [-0.15, -0.1) is 11.8 Å². The molecule has 0 unspecified atom stereocenters. The average Bonchev–Trinajstić information content (AvgIpc) is 2.73. The quantitative estimate of drug-likeness (QED) is 0.310. The number of phenolic OH excluding ortho intramolecular Hbond substituents is 1. The fourth-order valence-electron chi connectivity index (χ4n) is 2.77. The number of nitro groups is 1. The van der Waals surface area contributed by atoms with E-state index in [0.717, 1.165) is 20.7 Å². The second kappa shape index (κ2) is 10.1. The van der Waals surface area contributed by atoms with Crippen molar-refractivity contribution in [3.05, 3.63) is 108 Å². The van der Waals surface area contributed by atoms with E-state index in [1.807, 2.05) is 42.5 Å². The Bertz CT molecular complexity index is 1120. The molecule has 150 valence electrons. The first-order valence-corrected chi connectivity index (χ1v) is 10.8. The summed E-state index contributed by atoms with van der Waals surface area (Å²) in [6.07, 6.45) is 2.57. The molecular formula is C23H17BrN2O3S. The second-order valence-electron chi connectivity index (χ2n) is 6.52. The smallest absolute Gasteiger partial charge is 0.310 e. The van der Waals surface area contributed by atoms with Crippen molar-refractivity contribution in [2.75, 3.05) is 0 Å². The summed E-state index contributed by atoms with van der Waals surface area (Å²) >= 11 is 5.10. The summed E-state index contributed by atoms with van der Waals surface area (Å²) in [6.45, 7) is 0. The van der Waals surface area contributed by atoms with E-state index in [1.165, 1.54) is 17.7 Å². The number of benzene rings is 3. The SMILES string of the molecule is N#Cc1ccc(C/C(=C\c2ccc([N+](=O)[O-])c(O)c2)SCc2ccc(Br)cc2)cc1. The lowest BCUT2D eigenvalue weighted by molar-refractivity contribution is -0.385. The summed E-state index contributed by atoms with van der Waals surface area (Å²) in [5, 5.41) is 29.9. The number of hydrogen-bond acceptors (Lipinski definition) is 5. The van der Waals surface area contributed by atoms with Gasteiger partial charge in [0.1, 0.15) is 0 Å². The van der Waals surface area contributed by atoms with Gasteiger partial charge in [-0.3, -0.25) is 10.1 Å². The summed E-state index contributed by atoms with van der Waals surface area (Å²) in [7, 11) is 0. The van der Waals surface area contributed by atoms with E-state index in [9.17, 15) is 15.2 Å². The van der Waals surface area contributed by atoms with Gasteiger partial charge in [0, 0.05) is 22.7 Å². The summed E-state index contributed by atoms with van der Waals surface area (Å²) in [5.74, 6) is 0.401. The zero-order chi connectivity index (χ0) is 21.5. The highest BCUT2D eigenvalue weighted by Gasteiger charge is 2.13. The van der Waals surface area contributed by atoms with Crippen molar-refractivity contribution in [3.8, 4) is 11.8 Å². The van der Waals surface area contributed by atoms with Gasteiger partial charge in [-0.2, -0.15) is 5.26 Å². The highest BCUT2D eigenvalue weighted by molar-refractivity contribution is 9.10. The molecule has 0 bridgehead atoms. The first-order chi connectivity index (χ1) is 14.4. The van der Waals surface area contributed by atoms with Gasteiger partial charge in [0.05, 0.1) is 16.6 Å². The van der Waals surface area contributed by atoms with Gasteiger partial charge in [-0.05, 0) is 64.1 Å². The van der Waals surface area contributed by atoms with E-state index in [-0.39, 0.29) is 11.4 Å². The van der Waals surface area contributed by atoms with Crippen LogP contribution in [0.1, 0.15) is 22.3 Å². The van der Waals surface area contributed by atoms with Crippen LogP contribution >= 0.6 is 27.7 Å². The number of allylic oxidation sites excluding steroid dienone is 1. The van der Waals surface area contributed by atoms with Crippen LogP contribution in [-0.4, -0.2) is 10.0 Å². The van der Waals surface area contributed by atoms with Crippen molar-refractivity contribution < 1.29 is 10.0 Å². The Morgan fingerprint density at radius 3 is 2.37 bits per heavy atom. The molecule has 0 aromatic heterocycles. The Balaban J connectivity index is 1.86. The van der Waals surface area contributed by atoms with E-state index in [0.29, 0.717) is 17.5 Å². The van der Waals surface area contributed by atoms with Crippen molar-refractivity contribution >= 4 is 39.5 Å². The molecule has 0 aliphatic heterocycles. The van der Waals surface area contributed by atoms with Gasteiger partial charge in [0.25, 0.3) is 0 Å². The molecule has 0 amide bonds. The molecule has 7 heteroatoms. The number of hydrogen-bond donors (Lipinski definition) is 1. The lowest BCUT2D eigenvalue weighted by atomic mass is 10.1. The maximum Gasteiger partial charge on any atom is 0.310 e. The van der Waals surface area contributed by atoms with E-state index in [1.54, 1.807) is 30.0 Å². The molecule has 0 saturated carbocycles. The first kappa shape index (κ1) is 21.6. The third-order valence-corrected chi connectivity index (χ3v) is 5.96. The summed E-state index contributed by atoms with van der Waals surface area (Å²) in [5.41, 5.74) is 3.19. The molecule has 1 N–H and O–H groups in total. The molecule has 0 saturated heterocycles. The Kier molecular flexibility index (Phi) is 7.28. The van der Waals surface area contributed by atoms with Crippen molar-refractivity contribution in [1.82, 2.24) is 0 Å². The summed E-state index contributed by atoms with van der Waals surface area (Å²) < 4.78 is 1.02. The number of aromatic hydroxyl groups is 1. The van der Waals surface area contributed by atoms with Crippen LogP contribution in [0.25, 0.3) is 6.08 Å². The van der Waals surface area contributed by atoms with E-state index in [2.05, 4.69) is 22.0 Å². The monoisotopic (exact) mass is 480 g/mol. The van der Waals surface area contributed by atoms with Gasteiger partial charge < -0.3 is 5.11 Å². The molecule has 30 heavy (non-hydrogen) atoms. The minimum Gasteiger partial charge on any atom is -0.502 e. The summed E-state index contributed by atoms with van der Waals surface area (Å²) in [6, 6.07) is 21.9. The lowest BCUT2D eigenvalue weighted by Crippen LogP contribution is -1.91. The van der Waals surface area contributed by atoms with Crippen LogP contribution in [0.2, 0.25) is 0 Å². The van der Waals surface area contributed by atoms with Gasteiger partial charge in [0.2, 0.25) is 0 Å². The number of phenols is 1. The van der Waals surface area contributed by atoms with Crippen LogP contribution in [0.5, 0.6) is 5.75 Å². The summed E-state index contributed by atoms with van der Waals surface area (Å²) in [4.78, 5) is 11.4. The molecular weight excluding hydrogens is 464 g/mol. The molecule has 5 nitrogen and oxygen atoms in total. The number of nitrogens with zero attached hydrogens (tertiary/aromatic N) is 2. The van der Waals surface area contributed by atoms with Crippen LogP contribution in [-0.2, 0) is 12.2 Å². The fourth-order valence-corrected chi connectivity index (χ4v) is 4.07. The Morgan fingerprint density at radius 1 is 1.10 bits per heavy atom. The van der Waals surface area contributed by atoms with Gasteiger partial charge in [-0.1, -0.05) is 40.2 Å². The van der Waals surface area contributed by atoms with E-state index < -0.39 is 4.92 Å². The predicted molar refractivity (Wildman–Crippen MR) is 123 cm³/mol. The zero-order valence-electron chi connectivity index (χ0n) is 15.8. The van der Waals surface area contributed by atoms with Gasteiger partial charge in [0.15, 0.2) is 5.75 Å². The molecule has 0 aliphatic rings. The minimum atomic E-state index is -0.608. The molecule has 0 atom stereocenters. The van der Waals surface area contributed by atoms with Gasteiger partial charge in [-0.25, -0.2) is 0 Å². The van der Waals surface area contributed by atoms with Crippen LogP contribution in [0.4, 0.5) is 5.69 Å². The van der Waals surface area contributed by atoms with E-state index in [4.69, 9.17) is 5.26 Å². The molecule has 3 aromatic carbocycles. The van der Waals surface area contributed by atoms with Crippen LogP contribution in [0.3, 0.4) is 0 Å². The lowest BCUT2D eigenvalue weighted by Gasteiger charge is -2.09. The number of thioether (sulfide) groups is 1. The molecule has 0 aliphatic carbocycles. The first-order valence-electron chi connectivity index (χ1n) is 8.99. The number of halogens is 1. The number of nitro benzene ring substituents is 1. The van der Waals surface area contributed by atoms with Crippen LogP contribution in [0, 0.1) is 21.4 Å². The molecule has 0 heterocycles. The normalized spacial score (nSPS) is 11.1. The molecule has 0 fully saturated rings. The maximum atomic E-state index is 10.9. The third kappa shape index (κ3) is 5.96. The van der Waals surface area contributed by atoms with Gasteiger partial charge >= 0.3 is 5.69 Å². The van der Waals surface area contributed by atoms with Crippen molar-refractivity contribution in [1.29, 1.82) is 5.26 Å². The molecule has 0 spiro atoms. The largest absolute Gasteiger partial charge is 0.502 e. The molecule has 3 aromatic rings. The van der Waals surface area contributed by atoms with E-state index >= 15 is 0 Å². The van der Waals surface area contributed by atoms with Crippen LogP contribution in [0.15, 0.2) is 76.1 Å². The third-order valence-electron chi connectivity index (χ3n) is 4.32. The highest BCUT2D eigenvalue weighted by atomic mass is 79.9. The second-order valence-corrected chi connectivity index (χ2v) is 8.53. The maximum absolute atomic E-state index is 10.9. The molecule has 3 rings (SSSR count). The standard InChI is InChI=1S/C23H17BrN2O3S/c24-20-8-5-18(6-9-20)15-30-21(11-16-1-3-17(14-25)4-2-16)12-19-7-10-22(26(28)29)23(27)13-19/h1-10,12-13,27H,11,15H2/b21-12+. The Hall–Kier alpha value is -3.08. The minimum absolute atomic E-state index is 0.316. The topological polar surface area (TPSA) is 87.2 Å². The number of nitriles is 1. The fraction of sp³-hybridized carbons (Fsp3) is 0.0870. The van der Waals surface area contributed by atoms with Crippen molar-refractivity contribution in [2.45, 2.75) is 12.2 Å². The predicted octanol–water partition coefficient (Wildman–Crippen LogP) is 6.45.